The van der Waals surface area contributed by atoms with Crippen LogP contribution in [0.1, 0.15) is 4.88 Å². The lowest BCUT2D eigenvalue weighted by Crippen LogP contribution is -2.05. The summed E-state index contributed by atoms with van der Waals surface area (Å²) in [6, 6.07) is 9.37. The summed E-state index contributed by atoms with van der Waals surface area (Å²) in [7, 11) is 1.58. The number of nitrogens with two attached hydrogens (primary N) is 1. The highest BCUT2D eigenvalue weighted by molar-refractivity contribution is 7.09. The van der Waals surface area contributed by atoms with E-state index in [0.717, 1.165) is 5.69 Å². The normalized spacial score (nSPS) is 10.4. The predicted molar refractivity (Wildman–Crippen MR) is 99.4 cm³/mol. The lowest BCUT2D eigenvalue weighted by Gasteiger charge is -2.13. The molecule has 0 fully saturated rings. The summed E-state index contributed by atoms with van der Waals surface area (Å²) in [4.78, 5) is 9.81. The largest absolute Gasteiger partial charge is 0.494 e. The molecule has 0 aliphatic heterocycles. The van der Waals surface area contributed by atoms with Crippen molar-refractivity contribution in [3.63, 3.8) is 0 Å². The van der Waals surface area contributed by atoms with E-state index in [1.807, 2.05) is 23.6 Å². The van der Waals surface area contributed by atoms with E-state index in [2.05, 4.69) is 20.6 Å². The van der Waals surface area contributed by atoms with Crippen LogP contribution in [-0.4, -0.2) is 17.1 Å². The van der Waals surface area contributed by atoms with Crippen molar-refractivity contribution in [3.05, 3.63) is 51.8 Å². The molecule has 0 aliphatic rings. The lowest BCUT2D eigenvalue weighted by atomic mass is 10.2. The zero-order valence-electron chi connectivity index (χ0n) is 12.9. The molecular weight excluding hydrogens is 346 g/mol. The number of methoxy groups -OCH3 is 1. The van der Waals surface area contributed by atoms with E-state index < -0.39 is 0 Å². The Morgan fingerprint density at radius 2 is 2.21 bits per heavy atom. The molecule has 2 heterocycles. The monoisotopic (exact) mass is 361 g/mol. The molecule has 0 saturated carbocycles. The molecule has 8 heteroatoms. The Bertz CT molecular complexity index is 825. The number of hydrogen-bond acceptors (Lipinski definition) is 7. The summed E-state index contributed by atoms with van der Waals surface area (Å²) in [5, 5.41) is 8.77. The molecule has 2 aromatic heterocycles. The second-order valence-corrected chi connectivity index (χ2v) is 6.35. The van der Waals surface area contributed by atoms with Gasteiger partial charge in [0.15, 0.2) is 5.82 Å². The summed E-state index contributed by atoms with van der Waals surface area (Å²) in [5.74, 6) is 1.59. The molecule has 4 N–H and O–H groups in total. The summed E-state index contributed by atoms with van der Waals surface area (Å²) in [6.45, 7) is 0.657. The van der Waals surface area contributed by atoms with Gasteiger partial charge in [-0.3, -0.25) is 0 Å². The predicted octanol–water partition coefficient (Wildman–Crippen LogP) is 4.14. The Hall–Kier alpha value is -2.51. The Kier molecular flexibility index (Phi) is 5.02. The van der Waals surface area contributed by atoms with Crippen LogP contribution in [0.15, 0.2) is 41.9 Å². The first-order chi connectivity index (χ1) is 11.7. The Morgan fingerprint density at radius 1 is 1.33 bits per heavy atom. The van der Waals surface area contributed by atoms with Crippen molar-refractivity contribution in [1.82, 2.24) is 9.97 Å². The van der Waals surface area contributed by atoms with E-state index in [1.54, 1.807) is 36.8 Å². The lowest BCUT2D eigenvalue weighted by molar-refractivity contribution is 0.417. The van der Waals surface area contributed by atoms with E-state index >= 15 is 0 Å². The molecule has 3 rings (SSSR count). The number of ether oxygens (including phenoxy) is 1. The van der Waals surface area contributed by atoms with Crippen LogP contribution in [0.3, 0.4) is 0 Å². The minimum absolute atomic E-state index is 0.413. The number of nitrogen functional groups attached to an aromatic ring is 1. The minimum Gasteiger partial charge on any atom is -0.494 e. The number of anilines is 4. The molecule has 6 nitrogen and oxygen atoms in total. The first-order valence-electron chi connectivity index (χ1n) is 7.15. The van der Waals surface area contributed by atoms with Gasteiger partial charge in [0.25, 0.3) is 0 Å². The van der Waals surface area contributed by atoms with Gasteiger partial charge >= 0.3 is 0 Å². The number of hydrogen-bond donors (Lipinski definition) is 3. The highest BCUT2D eigenvalue weighted by atomic mass is 35.5. The summed E-state index contributed by atoms with van der Waals surface area (Å²) in [5.41, 5.74) is 7.10. The van der Waals surface area contributed by atoms with Crippen molar-refractivity contribution in [3.8, 4) is 5.75 Å². The summed E-state index contributed by atoms with van der Waals surface area (Å²) in [6.07, 6.45) is 1.55. The summed E-state index contributed by atoms with van der Waals surface area (Å²) >= 11 is 7.86. The van der Waals surface area contributed by atoms with Gasteiger partial charge in [-0.25, -0.2) is 4.98 Å². The smallest absolute Gasteiger partial charge is 0.225 e. The first-order valence-corrected chi connectivity index (χ1v) is 8.41. The van der Waals surface area contributed by atoms with Crippen molar-refractivity contribution in [2.75, 3.05) is 23.5 Å². The Labute approximate surface area is 148 Å². The van der Waals surface area contributed by atoms with E-state index in [0.29, 0.717) is 34.8 Å². The quantitative estimate of drug-likeness (QED) is 0.572. The van der Waals surface area contributed by atoms with Crippen molar-refractivity contribution in [2.45, 2.75) is 6.54 Å². The Morgan fingerprint density at radius 3 is 2.96 bits per heavy atom. The van der Waals surface area contributed by atoms with Gasteiger partial charge in [0, 0.05) is 16.6 Å². The average Bonchev–Trinajstić information content (AvgIpc) is 3.10. The number of thiophene rings is 1. The van der Waals surface area contributed by atoms with Gasteiger partial charge in [-0.1, -0.05) is 17.7 Å². The van der Waals surface area contributed by atoms with Crippen LogP contribution in [0.4, 0.5) is 23.1 Å². The van der Waals surface area contributed by atoms with Crippen LogP contribution >= 0.6 is 22.9 Å². The SMILES string of the molecule is COc1cc(N)ccc1Nc1nc(NCc2cccs2)ncc1Cl. The fourth-order valence-corrected chi connectivity index (χ4v) is 2.84. The number of nitrogens with one attached hydrogen (secondary N) is 2. The van der Waals surface area contributed by atoms with Gasteiger partial charge in [-0.2, -0.15) is 4.98 Å². The van der Waals surface area contributed by atoms with Crippen molar-refractivity contribution < 1.29 is 4.74 Å². The number of benzene rings is 1. The third-order valence-corrected chi connectivity index (χ3v) is 4.38. The third kappa shape index (κ3) is 3.87. The number of aromatic nitrogens is 2. The van der Waals surface area contributed by atoms with Gasteiger partial charge in [0.1, 0.15) is 10.8 Å². The van der Waals surface area contributed by atoms with Gasteiger partial charge in [-0.05, 0) is 23.6 Å². The molecule has 0 amide bonds. The van der Waals surface area contributed by atoms with E-state index in [1.165, 1.54) is 4.88 Å². The molecule has 124 valence electrons. The molecule has 0 unspecified atom stereocenters. The van der Waals surface area contributed by atoms with Crippen LogP contribution < -0.4 is 21.1 Å². The maximum Gasteiger partial charge on any atom is 0.225 e. The summed E-state index contributed by atoms with van der Waals surface area (Å²) < 4.78 is 5.32. The van der Waals surface area contributed by atoms with Crippen molar-refractivity contribution >= 4 is 46.1 Å². The van der Waals surface area contributed by atoms with Crippen LogP contribution in [0, 0.1) is 0 Å². The zero-order valence-corrected chi connectivity index (χ0v) is 14.5. The van der Waals surface area contributed by atoms with Gasteiger partial charge in [0.05, 0.1) is 25.5 Å². The van der Waals surface area contributed by atoms with E-state index in [4.69, 9.17) is 22.1 Å². The Balaban J connectivity index is 1.79. The highest BCUT2D eigenvalue weighted by Crippen LogP contribution is 2.31. The topological polar surface area (TPSA) is 85.1 Å². The number of nitrogens with zero attached hydrogens (tertiary/aromatic N) is 2. The molecule has 0 bridgehead atoms. The van der Waals surface area contributed by atoms with Crippen molar-refractivity contribution in [1.29, 1.82) is 0 Å². The molecule has 0 atom stereocenters. The molecular formula is C16H16ClN5OS. The van der Waals surface area contributed by atoms with Crippen LogP contribution in [0.25, 0.3) is 0 Å². The molecule has 3 aromatic rings. The molecule has 0 radical (unpaired) electrons. The minimum atomic E-state index is 0.413. The molecule has 0 spiro atoms. The fourth-order valence-electron chi connectivity index (χ4n) is 2.06. The van der Waals surface area contributed by atoms with E-state index in [-0.39, 0.29) is 0 Å². The van der Waals surface area contributed by atoms with Crippen molar-refractivity contribution in [2.24, 2.45) is 0 Å². The average molecular weight is 362 g/mol. The van der Waals surface area contributed by atoms with Gasteiger partial charge < -0.3 is 21.1 Å². The number of rotatable bonds is 6. The molecule has 0 aliphatic carbocycles. The second-order valence-electron chi connectivity index (χ2n) is 4.91. The zero-order chi connectivity index (χ0) is 16.9. The molecule has 24 heavy (non-hydrogen) atoms. The van der Waals surface area contributed by atoms with Crippen LogP contribution in [0.2, 0.25) is 5.02 Å². The maximum atomic E-state index is 6.19. The van der Waals surface area contributed by atoms with Crippen LogP contribution in [0.5, 0.6) is 5.75 Å². The van der Waals surface area contributed by atoms with Gasteiger partial charge in [0.2, 0.25) is 5.95 Å². The van der Waals surface area contributed by atoms with E-state index in [9.17, 15) is 0 Å². The standard InChI is InChI=1S/C16H16ClN5OS/c1-23-14-7-10(18)4-5-13(14)21-15-12(17)9-20-16(22-15)19-8-11-3-2-6-24-11/h2-7,9H,8,18H2,1H3,(H2,19,20,21,22). The van der Waals surface area contributed by atoms with Gasteiger partial charge in [-0.15, -0.1) is 11.3 Å². The van der Waals surface area contributed by atoms with Crippen LogP contribution in [-0.2, 0) is 6.54 Å². The maximum absolute atomic E-state index is 6.19. The number of halogens is 1. The third-order valence-electron chi connectivity index (χ3n) is 3.22. The molecule has 1 aromatic carbocycles. The highest BCUT2D eigenvalue weighted by Gasteiger charge is 2.10. The molecule has 0 saturated heterocycles. The fraction of sp³-hybridized carbons (Fsp3) is 0.125. The second kappa shape index (κ2) is 7.37. The first kappa shape index (κ1) is 16.4.